The Morgan fingerprint density at radius 3 is 2.46 bits per heavy atom. The minimum absolute atomic E-state index is 0.0599. The minimum atomic E-state index is -4.23. The first-order valence-electron chi connectivity index (χ1n) is 12.5. The molecule has 0 aliphatic carbocycles. The van der Waals surface area contributed by atoms with Crippen LogP contribution in [0.4, 0.5) is 10.5 Å². The SMILES string of the molecule is CCN(CC)c1ccc(CN(C[C@H]2CCCO2)C(=O)NC(C)C)c(OS(=O)(=O)c2ccc(Cl)c(Cl)c2)c1. The molecule has 1 saturated heterocycles. The van der Waals surface area contributed by atoms with Crippen molar-refractivity contribution in [3.63, 3.8) is 0 Å². The smallest absolute Gasteiger partial charge is 0.339 e. The Morgan fingerprint density at radius 1 is 1.14 bits per heavy atom. The van der Waals surface area contributed by atoms with Crippen molar-refractivity contribution in [2.45, 2.75) is 64.1 Å². The van der Waals surface area contributed by atoms with Gasteiger partial charge in [-0.2, -0.15) is 8.42 Å². The zero-order valence-electron chi connectivity index (χ0n) is 21.7. The molecule has 1 fully saturated rings. The van der Waals surface area contributed by atoms with Crippen molar-refractivity contribution < 1.29 is 22.1 Å². The molecule has 0 radical (unpaired) electrons. The van der Waals surface area contributed by atoms with Crippen LogP contribution in [0.25, 0.3) is 0 Å². The molecule has 8 nitrogen and oxygen atoms in total. The van der Waals surface area contributed by atoms with Crippen LogP contribution in [-0.2, 0) is 21.4 Å². The van der Waals surface area contributed by atoms with E-state index in [9.17, 15) is 13.2 Å². The van der Waals surface area contributed by atoms with Gasteiger partial charge in [-0.05, 0) is 64.8 Å². The number of ether oxygens (including phenoxy) is 1. The van der Waals surface area contributed by atoms with E-state index in [4.69, 9.17) is 32.1 Å². The summed E-state index contributed by atoms with van der Waals surface area (Å²) in [6, 6.07) is 9.11. The molecule has 0 spiro atoms. The molecule has 1 aliphatic rings. The summed E-state index contributed by atoms with van der Waals surface area (Å²) in [5, 5.41) is 3.28. The molecule has 1 heterocycles. The first-order valence-corrected chi connectivity index (χ1v) is 14.6. The lowest BCUT2D eigenvalue weighted by Crippen LogP contribution is -2.45. The number of carbonyl (C=O) groups is 1. The van der Waals surface area contributed by atoms with Crippen LogP contribution >= 0.6 is 23.2 Å². The fraction of sp³-hybridized carbons (Fsp3) is 0.500. The second-order valence-corrected chi connectivity index (χ2v) is 11.6. The molecule has 3 rings (SSSR count). The van der Waals surface area contributed by atoms with E-state index in [1.54, 1.807) is 17.0 Å². The van der Waals surface area contributed by atoms with Gasteiger partial charge < -0.3 is 24.0 Å². The van der Waals surface area contributed by atoms with Gasteiger partial charge in [-0.1, -0.05) is 29.3 Å². The minimum Gasteiger partial charge on any atom is -0.379 e. The average Bonchev–Trinajstić information content (AvgIpc) is 3.35. The molecular weight excluding hydrogens is 537 g/mol. The molecule has 37 heavy (non-hydrogen) atoms. The van der Waals surface area contributed by atoms with Crippen LogP contribution < -0.4 is 14.4 Å². The lowest BCUT2D eigenvalue weighted by Gasteiger charge is -2.28. The van der Waals surface area contributed by atoms with E-state index in [0.29, 0.717) is 18.7 Å². The van der Waals surface area contributed by atoms with E-state index < -0.39 is 10.1 Å². The monoisotopic (exact) mass is 571 g/mol. The van der Waals surface area contributed by atoms with Crippen LogP contribution in [0.5, 0.6) is 5.75 Å². The highest BCUT2D eigenvalue weighted by molar-refractivity contribution is 7.87. The Morgan fingerprint density at radius 2 is 1.86 bits per heavy atom. The van der Waals surface area contributed by atoms with Crippen molar-refractivity contribution in [2.75, 3.05) is 31.1 Å². The maximum absolute atomic E-state index is 13.2. The third-order valence-electron chi connectivity index (χ3n) is 6.07. The maximum Gasteiger partial charge on any atom is 0.339 e. The number of amides is 2. The predicted molar refractivity (Wildman–Crippen MR) is 147 cm³/mol. The lowest BCUT2D eigenvalue weighted by molar-refractivity contribution is 0.0790. The Bertz CT molecular complexity index is 1180. The van der Waals surface area contributed by atoms with E-state index in [2.05, 4.69) is 10.2 Å². The van der Waals surface area contributed by atoms with Gasteiger partial charge in [0.15, 0.2) is 0 Å². The molecule has 0 bridgehead atoms. The summed E-state index contributed by atoms with van der Waals surface area (Å²) in [5.41, 5.74) is 1.36. The highest BCUT2D eigenvalue weighted by atomic mass is 35.5. The van der Waals surface area contributed by atoms with Gasteiger partial charge in [-0.15, -0.1) is 0 Å². The van der Waals surface area contributed by atoms with Gasteiger partial charge in [-0.25, -0.2) is 4.79 Å². The molecule has 0 aromatic heterocycles. The zero-order valence-corrected chi connectivity index (χ0v) is 24.0. The first kappa shape index (κ1) is 29.4. The Labute approximate surface area is 229 Å². The number of hydrogen-bond donors (Lipinski definition) is 1. The summed E-state index contributed by atoms with van der Waals surface area (Å²) in [5.74, 6) is 0.144. The molecule has 204 valence electrons. The van der Waals surface area contributed by atoms with Crippen LogP contribution in [0, 0.1) is 0 Å². The van der Waals surface area contributed by atoms with Crippen molar-refractivity contribution in [2.24, 2.45) is 0 Å². The van der Waals surface area contributed by atoms with Gasteiger partial charge in [0.2, 0.25) is 0 Å². The van der Waals surface area contributed by atoms with Gasteiger partial charge in [0.1, 0.15) is 10.6 Å². The summed E-state index contributed by atoms with van der Waals surface area (Å²) in [4.78, 5) is 16.7. The van der Waals surface area contributed by atoms with Gasteiger partial charge in [-0.3, -0.25) is 0 Å². The average molecular weight is 573 g/mol. The summed E-state index contributed by atoms with van der Waals surface area (Å²) < 4.78 is 37.9. The number of halogens is 2. The maximum atomic E-state index is 13.2. The predicted octanol–water partition coefficient (Wildman–Crippen LogP) is 5.71. The topological polar surface area (TPSA) is 88.2 Å². The van der Waals surface area contributed by atoms with Crippen molar-refractivity contribution in [1.82, 2.24) is 10.2 Å². The van der Waals surface area contributed by atoms with E-state index in [0.717, 1.165) is 31.6 Å². The lowest BCUT2D eigenvalue weighted by atomic mass is 10.1. The number of benzene rings is 2. The molecule has 1 atom stereocenters. The van der Waals surface area contributed by atoms with Crippen LogP contribution in [-0.4, -0.2) is 57.7 Å². The van der Waals surface area contributed by atoms with Crippen molar-refractivity contribution in [3.8, 4) is 5.75 Å². The van der Waals surface area contributed by atoms with E-state index in [1.165, 1.54) is 18.2 Å². The van der Waals surface area contributed by atoms with Gasteiger partial charge >= 0.3 is 16.1 Å². The summed E-state index contributed by atoms with van der Waals surface area (Å²) in [7, 11) is -4.23. The number of carbonyl (C=O) groups excluding carboxylic acids is 1. The van der Waals surface area contributed by atoms with Gasteiger partial charge in [0.05, 0.1) is 22.7 Å². The first-order chi connectivity index (χ1) is 17.5. The molecule has 1 N–H and O–H groups in total. The van der Waals surface area contributed by atoms with Crippen molar-refractivity contribution in [3.05, 3.63) is 52.0 Å². The summed E-state index contributed by atoms with van der Waals surface area (Å²) in [6.07, 6.45) is 1.73. The van der Waals surface area contributed by atoms with E-state index in [-0.39, 0.29) is 45.4 Å². The highest BCUT2D eigenvalue weighted by Crippen LogP contribution is 2.32. The molecule has 2 aromatic carbocycles. The van der Waals surface area contributed by atoms with Gasteiger partial charge in [0.25, 0.3) is 0 Å². The van der Waals surface area contributed by atoms with Crippen molar-refractivity contribution >= 4 is 45.0 Å². The van der Waals surface area contributed by atoms with Crippen LogP contribution in [0.3, 0.4) is 0 Å². The van der Waals surface area contributed by atoms with Crippen LogP contribution in [0.1, 0.15) is 46.1 Å². The molecule has 2 aromatic rings. The Balaban J connectivity index is 1.99. The second kappa shape index (κ2) is 13.0. The quantitative estimate of drug-likeness (QED) is 0.348. The fourth-order valence-electron chi connectivity index (χ4n) is 4.13. The number of nitrogens with one attached hydrogen (secondary N) is 1. The Hall–Kier alpha value is -2.20. The molecular formula is C26H35Cl2N3O5S. The third kappa shape index (κ3) is 7.89. The molecule has 0 saturated carbocycles. The number of rotatable bonds is 11. The summed E-state index contributed by atoms with van der Waals surface area (Å²) >= 11 is 12.0. The third-order valence-corrected chi connectivity index (χ3v) is 8.04. The highest BCUT2D eigenvalue weighted by Gasteiger charge is 2.26. The van der Waals surface area contributed by atoms with Crippen LogP contribution in [0.15, 0.2) is 41.3 Å². The molecule has 1 aliphatic heterocycles. The van der Waals surface area contributed by atoms with E-state index >= 15 is 0 Å². The second-order valence-electron chi connectivity index (χ2n) is 9.20. The largest absolute Gasteiger partial charge is 0.379 e. The molecule has 0 unspecified atom stereocenters. The number of hydrogen-bond acceptors (Lipinski definition) is 6. The van der Waals surface area contributed by atoms with Gasteiger partial charge in [0, 0.05) is 49.6 Å². The zero-order chi connectivity index (χ0) is 27.2. The standard InChI is InChI=1S/C26H35Cl2N3O5S/c1-5-30(6-2)20-10-9-19(16-31(26(32)29-18(3)4)17-21-8-7-13-35-21)25(14-20)36-37(33,34)22-11-12-23(27)24(28)15-22/h9-12,14-15,18,21H,5-8,13,16-17H2,1-4H3,(H,29,32)/t21-/m1/s1. The summed E-state index contributed by atoms with van der Waals surface area (Å²) in [6.45, 7) is 10.5. The van der Waals surface area contributed by atoms with E-state index in [1.807, 2.05) is 33.8 Å². The fourth-order valence-corrected chi connectivity index (χ4v) is 5.48. The molecule has 2 amide bonds. The number of nitrogens with zero attached hydrogens (tertiary/aromatic N) is 2. The number of urea groups is 1. The normalized spacial score (nSPS) is 15.6. The molecule has 11 heteroatoms. The van der Waals surface area contributed by atoms with Crippen LogP contribution in [0.2, 0.25) is 10.0 Å². The Kier molecular flexibility index (Phi) is 10.3. The van der Waals surface area contributed by atoms with Crippen molar-refractivity contribution in [1.29, 1.82) is 0 Å². The number of anilines is 1.